The molecule has 0 aromatic heterocycles. The van der Waals surface area contributed by atoms with Gasteiger partial charge in [0.1, 0.15) is 0 Å². The number of hydrogen-bond donors (Lipinski definition) is 3. The van der Waals surface area contributed by atoms with Crippen molar-refractivity contribution in [2.75, 3.05) is 6.67 Å². The molecule has 0 radical (unpaired) electrons. The maximum Gasteiger partial charge on any atom is 0.353 e. The quantitative estimate of drug-likeness (QED) is 0.499. The molecule has 1 unspecified atom stereocenters. The molecule has 0 aromatic rings. The first-order chi connectivity index (χ1) is 3.98. The van der Waals surface area contributed by atoms with Gasteiger partial charge in [0.25, 0.3) is 0 Å². The van der Waals surface area contributed by atoms with E-state index in [2.05, 4.69) is 0 Å². The maximum atomic E-state index is 11.3. The first kappa shape index (κ1) is 9.04. The summed E-state index contributed by atoms with van der Waals surface area (Å²) in [4.78, 5) is 16.2. The Kier molecular flexibility index (Phi) is 3.28. The van der Waals surface area contributed by atoms with Crippen molar-refractivity contribution in [3.05, 3.63) is 0 Å². The van der Waals surface area contributed by atoms with Crippen molar-refractivity contribution >= 4 is 7.60 Å². The molecule has 0 saturated carbocycles. The molecule has 0 amide bonds. The largest absolute Gasteiger partial charge is 0.380 e. The Morgan fingerprint density at radius 2 is 2.00 bits per heavy atom. The van der Waals surface area contributed by atoms with E-state index in [1.165, 1.54) is 0 Å². The molecule has 4 nitrogen and oxygen atoms in total. The summed E-state index contributed by atoms with van der Waals surface area (Å²) >= 11 is 0. The normalized spacial score (nSPS) is 15.6. The van der Waals surface area contributed by atoms with Gasteiger partial charge in [-0.3, -0.25) is 8.96 Å². The van der Waals surface area contributed by atoms with Gasteiger partial charge in [0.2, 0.25) is 0 Å². The zero-order chi connectivity index (χ0) is 7.49. The van der Waals surface area contributed by atoms with Crippen LogP contribution >= 0.6 is 7.60 Å². The van der Waals surface area contributed by atoms with Crippen molar-refractivity contribution in [2.24, 2.45) is 0 Å². The highest BCUT2D eigenvalue weighted by Gasteiger charge is 2.25. The number of hydrogen-bond acceptors (Lipinski definition) is 2. The van der Waals surface area contributed by atoms with E-state index in [-0.39, 0.29) is 0 Å². The van der Waals surface area contributed by atoms with Crippen LogP contribution in [0.5, 0.6) is 0 Å². The molecule has 0 heterocycles. The summed E-state index contributed by atoms with van der Waals surface area (Å²) in [5.74, 6) is -1.84. The predicted molar refractivity (Wildman–Crippen MR) is 28.6 cm³/mol. The molecule has 56 valence electrons. The molecule has 1 atom stereocenters. The van der Waals surface area contributed by atoms with E-state index >= 15 is 0 Å². The standard InChI is InChI=1S/C3H8FO4P/c4-2-1-3(5)9(6,7)8/h3,5H,1-2H2,(H2,6,7,8). The van der Waals surface area contributed by atoms with E-state index in [4.69, 9.17) is 14.9 Å². The van der Waals surface area contributed by atoms with Crippen LogP contribution in [0.25, 0.3) is 0 Å². The fraction of sp³-hybridized carbons (Fsp3) is 1.00. The molecule has 0 rings (SSSR count). The molecular formula is C3H8FO4P. The highest BCUT2D eigenvalue weighted by molar-refractivity contribution is 7.52. The Morgan fingerprint density at radius 1 is 1.56 bits per heavy atom. The third-order valence-electron chi connectivity index (χ3n) is 0.756. The summed E-state index contributed by atoms with van der Waals surface area (Å²) in [5.41, 5.74) is 0. The lowest BCUT2D eigenvalue weighted by molar-refractivity contribution is 0.183. The lowest BCUT2D eigenvalue weighted by Gasteiger charge is -2.08. The van der Waals surface area contributed by atoms with Crippen molar-refractivity contribution in [3.8, 4) is 0 Å². The smallest absolute Gasteiger partial charge is 0.353 e. The van der Waals surface area contributed by atoms with Crippen LogP contribution in [-0.4, -0.2) is 27.4 Å². The first-order valence-corrected chi connectivity index (χ1v) is 3.96. The van der Waals surface area contributed by atoms with Gasteiger partial charge in [-0.1, -0.05) is 0 Å². The SMILES string of the molecule is O=P(O)(O)C(O)CCF. The fourth-order valence-electron chi connectivity index (χ4n) is 0.266. The van der Waals surface area contributed by atoms with Crippen molar-refractivity contribution in [2.45, 2.75) is 12.3 Å². The molecule has 9 heavy (non-hydrogen) atoms. The van der Waals surface area contributed by atoms with Crippen molar-refractivity contribution in [1.29, 1.82) is 0 Å². The monoisotopic (exact) mass is 158 g/mol. The number of alkyl halides is 1. The molecule has 0 bridgehead atoms. The highest BCUT2D eigenvalue weighted by Crippen LogP contribution is 2.40. The summed E-state index contributed by atoms with van der Waals surface area (Å²) in [5, 5.41) is 8.38. The third-order valence-corrected chi connectivity index (χ3v) is 1.79. The van der Waals surface area contributed by atoms with Crippen LogP contribution in [0.2, 0.25) is 0 Å². The number of aliphatic hydroxyl groups is 1. The first-order valence-electron chi connectivity index (χ1n) is 2.27. The lowest BCUT2D eigenvalue weighted by atomic mass is 10.5. The summed E-state index contributed by atoms with van der Waals surface area (Å²) in [7, 11) is -4.46. The molecule has 0 aliphatic heterocycles. The van der Waals surface area contributed by atoms with Gasteiger partial charge in [-0.2, -0.15) is 0 Å². The molecule has 0 spiro atoms. The maximum absolute atomic E-state index is 11.3. The molecule has 6 heteroatoms. The second-order valence-electron chi connectivity index (χ2n) is 1.55. The Hall–Kier alpha value is 0.0400. The van der Waals surface area contributed by atoms with Crippen LogP contribution in [0.4, 0.5) is 4.39 Å². The topological polar surface area (TPSA) is 77.8 Å². The molecule has 0 aliphatic carbocycles. The van der Waals surface area contributed by atoms with E-state index in [1.807, 2.05) is 0 Å². The van der Waals surface area contributed by atoms with Crippen LogP contribution in [0.15, 0.2) is 0 Å². The van der Waals surface area contributed by atoms with Crippen molar-refractivity contribution in [3.63, 3.8) is 0 Å². The minimum absolute atomic E-state index is 0.510. The number of rotatable bonds is 3. The van der Waals surface area contributed by atoms with E-state index in [9.17, 15) is 8.96 Å². The van der Waals surface area contributed by atoms with E-state index < -0.39 is 26.5 Å². The zero-order valence-electron chi connectivity index (χ0n) is 4.57. The minimum atomic E-state index is -4.46. The van der Waals surface area contributed by atoms with Gasteiger partial charge in [0, 0.05) is 6.42 Å². The second kappa shape index (κ2) is 3.27. The summed E-state index contributed by atoms with van der Waals surface area (Å²) in [6.07, 6.45) is -0.510. The summed E-state index contributed by atoms with van der Waals surface area (Å²) < 4.78 is 21.3. The van der Waals surface area contributed by atoms with E-state index in [1.54, 1.807) is 0 Å². The zero-order valence-corrected chi connectivity index (χ0v) is 5.46. The molecular weight excluding hydrogens is 150 g/mol. The van der Waals surface area contributed by atoms with Gasteiger partial charge < -0.3 is 14.9 Å². The van der Waals surface area contributed by atoms with Crippen LogP contribution in [0.1, 0.15) is 6.42 Å². The Bertz CT molecular complexity index is 121. The average Bonchev–Trinajstić information content (AvgIpc) is 1.64. The molecule has 3 N–H and O–H groups in total. The van der Waals surface area contributed by atoms with Gasteiger partial charge in [-0.15, -0.1) is 0 Å². The molecule has 0 saturated heterocycles. The number of halogens is 1. The summed E-state index contributed by atoms with van der Waals surface area (Å²) in [6.45, 7) is -0.924. The summed E-state index contributed by atoms with van der Waals surface area (Å²) in [6, 6.07) is 0. The van der Waals surface area contributed by atoms with Crippen LogP contribution in [0.3, 0.4) is 0 Å². The third kappa shape index (κ3) is 3.59. The minimum Gasteiger partial charge on any atom is -0.380 e. The highest BCUT2D eigenvalue weighted by atomic mass is 31.2. The number of aliphatic hydroxyl groups excluding tert-OH is 1. The van der Waals surface area contributed by atoms with Crippen LogP contribution < -0.4 is 0 Å². The second-order valence-corrected chi connectivity index (χ2v) is 3.32. The van der Waals surface area contributed by atoms with E-state index in [0.717, 1.165) is 0 Å². The Labute approximate surface area is 51.5 Å². The molecule has 0 aliphatic rings. The fourth-order valence-corrected chi connectivity index (χ4v) is 0.700. The van der Waals surface area contributed by atoms with Crippen molar-refractivity contribution in [1.82, 2.24) is 0 Å². The van der Waals surface area contributed by atoms with Gasteiger partial charge >= 0.3 is 7.60 Å². The van der Waals surface area contributed by atoms with E-state index in [0.29, 0.717) is 0 Å². The van der Waals surface area contributed by atoms with Gasteiger partial charge in [0.05, 0.1) is 6.67 Å². The predicted octanol–water partition coefficient (Wildman–Crippen LogP) is -0.158. The van der Waals surface area contributed by atoms with Gasteiger partial charge in [-0.25, -0.2) is 0 Å². The van der Waals surface area contributed by atoms with Gasteiger partial charge in [-0.05, 0) is 0 Å². The van der Waals surface area contributed by atoms with Crippen LogP contribution in [0, 0.1) is 0 Å². The van der Waals surface area contributed by atoms with Crippen molar-refractivity contribution < 1.29 is 23.8 Å². The Morgan fingerprint density at radius 3 is 2.11 bits per heavy atom. The molecule has 0 aromatic carbocycles. The average molecular weight is 158 g/mol. The van der Waals surface area contributed by atoms with Crippen LogP contribution in [-0.2, 0) is 4.57 Å². The van der Waals surface area contributed by atoms with Gasteiger partial charge in [0.15, 0.2) is 5.85 Å². The lowest BCUT2D eigenvalue weighted by Crippen LogP contribution is -2.07. The molecule has 0 fully saturated rings. The Balaban J connectivity index is 3.74.